The van der Waals surface area contributed by atoms with Crippen LogP contribution < -0.4 is 0 Å². The van der Waals surface area contributed by atoms with Gasteiger partial charge in [0.2, 0.25) is 5.09 Å². The summed E-state index contributed by atoms with van der Waals surface area (Å²) in [6.07, 6.45) is 2.13. The Bertz CT molecular complexity index is 709. The van der Waals surface area contributed by atoms with Crippen molar-refractivity contribution in [3.8, 4) is 0 Å². The number of carbonyl (C=O) groups is 2. The van der Waals surface area contributed by atoms with Crippen LogP contribution in [0.1, 0.15) is 30.1 Å². The van der Waals surface area contributed by atoms with Crippen LogP contribution in [0.15, 0.2) is 21.8 Å². The molecule has 0 aromatic carbocycles. The zero-order chi connectivity index (χ0) is 17.4. The van der Waals surface area contributed by atoms with Crippen molar-refractivity contribution < 1.29 is 27.5 Å². The summed E-state index contributed by atoms with van der Waals surface area (Å²) in [7, 11) is -1.07. The largest absolute Gasteiger partial charge is 0.480 e. The fourth-order valence-corrected chi connectivity index (χ4v) is 3.33. The molecule has 23 heavy (non-hydrogen) atoms. The third-order valence-electron chi connectivity index (χ3n) is 3.97. The van der Waals surface area contributed by atoms with E-state index in [0.29, 0.717) is 19.4 Å². The first-order valence-corrected chi connectivity index (χ1v) is 8.63. The van der Waals surface area contributed by atoms with Crippen molar-refractivity contribution in [2.45, 2.75) is 30.9 Å². The second kappa shape index (κ2) is 6.32. The number of hydrogen-bond acceptors (Lipinski definition) is 5. The van der Waals surface area contributed by atoms with E-state index in [1.807, 2.05) is 6.92 Å². The number of piperidine rings is 1. The molecule has 1 fully saturated rings. The second-order valence-electron chi connectivity index (χ2n) is 5.92. The average Bonchev–Trinajstić information content (AvgIpc) is 2.96. The van der Waals surface area contributed by atoms with Gasteiger partial charge in [-0.25, -0.2) is 17.5 Å². The quantitative estimate of drug-likeness (QED) is 0.868. The van der Waals surface area contributed by atoms with Gasteiger partial charge in [-0.1, -0.05) is 6.92 Å². The summed E-state index contributed by atoms with van der Waals surface area (Å²) in [5.74, 6) is -1.38. The number of furan rings is 1. The Kier molecular flexibility index (Phi) is 4.81. The van der Waals surface area contributed by atoms with E-state index in [4.69, 9.17) is 4.42 Å². The molecule has 0 spiro atoms. The minimum Gasteiger partial charge on any atom is -0.480 e. The molecule has 0 saturated carbocycles. The van der Waals surface area contributed by atoms with Gasteiger partial charge in [-0.15, -0.1) is 0 Å². The van der Waals surface area contributed by atoms with Gasteiger partial charge in [-0.05, 0) is 18.8 Å². The number of carboxylic acid groups (broad SMARTS) is 1. The number of hydrogen-bond donors (Lipinski definition) is 1. The van der Waals surface area contributed by atoms with Crippen LogP contribution in [-0.4, -0.2) is 61.3 Å². The Morgan fingerprint density at radius 1 is 1.39 bits per heavy atom. The zero-order valence-corrected chi connectivity index (χ0v) is 14.0. The Hall–Kier alpha value is -1.87. The lowest BCUT2D eigenvalue weighted by Crippen LogP contribution is -2.49. The van der Waals surface area contributed by atoms with Crippen LogP contribution in [-0.2, 0) is 14.8 Å². The highest BCUT2D eigenvalue weighted by Crippen LogP contribution is 2.26. The molecule has 2 rings (SSSR count). The van der Waals surface area contributed by atoms with E-state index in [1.165, 1.54) is 19.0 Å². The van der Waals surface area contributed by atoms with Crippen molar-refractivity contribution in [3.05, 3.63) is 17.9 Å². The lowest BCUT2D eigenvalue weighted by atomic mass is 9.92. The lowest BCUT2D eigenvalue weighted by molar-refractivity contribution is -0.144. The molecule has 1 aliphatic rings. The van der Waals surface area contributed by atoms with E-state index < -0.39 is 27.9 Å². The van der Waals surface area contributed by atoms with Crippen molar-refractivity contribution >= 4 is 21.9 Å². The van der Waals surface area contributed by atoms with Crippen LogP contribution in [0.3, 0.4) is 0 Å². The molecule has 1 aromatic rings. The standard InChI is InChI=1S/C14H20N2O6S/c1-9-4-5-16(11(6-9)14(18)19)13(17)10-7-12(22-8-10)23(20,21)15(2)3/h7-9,11H,4-6H2,1-3H3,(H,18,19). The fraction of sp³-hybridized carbons (Fsp3) is 0.571. The van der Waals surface area contributed by atoms with Gasteiger partial charge in [0.1, 0.15) is 12.3 Å². The van der Waals surface area contributed by atoms with Crippen molar-refractivity contribution in [1.82, 2.24) is 9.21 Å². The molecule has 0 aliphatic carbocycles. The molecule has 2 heterocycles. The smallest absolute Gasteiger partial charge is 0.326 e. The van der Waals surface area contributed by atoms with Crippen LogP contribution in [0.25, 0.3) is 0 Å². The molecule has 128 valence electrons. The summed E-state index contributed by atoms with van der Waals surface area (Å²) in [4.78, 5) is 25.2. The number of amides is 1. The first kappa shape index (κ1) is 17.5. The summed E-state index contributed by atoms with van der Waals surface area (Å²) < 4.78 is 29.9. The SMILES string of the molecule is CC1CCN(C(=O)c2coc(S(=O)(=O)N(C)C)c2)C(C(=O)O)C1. The molecule has 0 bridgehead atoms. The van der Waals surface area contributed by atoms with E-state index in [9.17, 15) is 23.1 Å². The number of carbonyl (C=O) groups excluding carboxylic acids is 1. The maximum atomic E-state index is 12.5. The molecule has 9 heteroatoms. The van der Waals surface area contributed by atoms with Gasteiger partial charge in [0.15, 0.2) is 0 Å². The Balaban J connectivity index is 2.27. The lowest BCUT2D eigenvalue weighted by Gasteiger charge is -2.35. The minimum absolute atomic E-state index is 0.0335. The molecule has 2 atom stereocenters. The summed E-state index contributed by atoms with van der Waals surface area (Å²) in [5, 5.41) is 8.97. The Morgan fingerprint density at radius 2 is 2.04 bits per heavy atom. The third-order valence-corrected chi connectivity index (χ3v) is 5.65. The summed E-state index contributed by atoms with van der Waals surface area (Å²) in [5.41, 5.74) is 0.0335. The van der Waals surface area contributed by atoms with Crippen LogP contribution in [0.2, 0.25) is 0 Å². The monoisotopic (exact) mass is 344 g/mol. The van der Waals surface area contributed by atoms with E-state index in [0.717, 1.165) is 16.6 Å². The highest BCUT2D eigenvalue weighted by atomic mass is 32.2. The van der Waals surface area contributed by atoms with E-state index in [1.54, 1.807) is 0 Å². The summed E-state index contributed by atoms with van der Waals surface area (Å²) in [6.45, 7) is 2.26. The first-order chi connectivity index (χ1) is 10.6. The van der Waals surface area contributed by atoms with Crippen LogP contribution in [0.4, 0.5) is 0 Å². The molecular formula is C14H20N2O6S. The van der Waals surface area contributed by atoms with Crippen molar-refractivity contribution in [3.63, 3.8) is 0 Å². The maximum absolute atomic E-state index is 12.5. The number of carboxylic acids is 1. The summed E-state index contributed by atoms with van der Waals surface area (Å²) >= 11 is 0. The average molecular weight is 344 g/mol. The number of aliphatic carboxylic acids is 1. The highest BCUT2D eigenvalue weighted by molar-refractivity contribution is 7.88. The number of nitrogens with zero attached hydrogens (tertiary/aromatic N) is 2. The van der Waals surface area contributed by atoms with Crippen molar-refractivity contribution in [2.75, 3.05) is 20.6 Å². The molecule has 1 amide bonds. The molecule has 1 N–H and O–H groups in total. The first-order valence-electron chi connectivity index (χ1n) is 7.19. The van der Waals surface area contributed by atoms with Gasteiger partial charge in [0, 0.05) is 26.7 Å². The number of sulfonamides is 1. The Morgan fingerprint density at radius 3 is 2.61 bits per heavy atom. The number of rotatable bonds is 4. The topological polar surface area (TPSA) is 108 Å². The summed E-state index contributed by atoms with van der Waals surface area (Å²) in [6, 6.07) is 0.226. The van der Waals surface area contributed by atoms with Crippen LogP contribution >= 0.6 is 0 Å². The van der Waals surface area contributed by atoms with Gasteiger partial charge < -0.3 is 14.4 Å². The minimum atomic E-state index is -3.78. The predicted octanol–water partition coefficient (Wildman–Crippen LogP) is 0.855. The second-order valence-corrected chi connectivity index (χ2v) is 8.01. The zero-order valence-electron chi connectivity index (χ0n) is 13.2. The van der Waals surface area contributed by atoms with Crippen LogP contribution in [0.5, 0.6) is 0 Å². The van der Waals surface area contributed by atoms with Gasteiger partial charge in [-0.2, -0.15) is 0 Å². The van der Waals surface area contributed by atoms with E-state index in [2.05, 4.69) is 0 Å². The molecule has 2 unspecified atom stereocenters. The number of likely N-dealkylation sites (tertiary alicyclic amines) is 1. The fourth-order valence-electron chi connectivity index (χ4n) is 2.53. The van der Waals surface area contributed by atoms with Gasteiger partial charge >= 0.3 is 5.97 Å². The molecular weight excluding hydrogens is 324 g/mol. The van der Waals surface area contributed by atoms with E-state index >= 15 is 0 Å². The highest BCUT2D eigenvalue weighted by Gasteiger charge is 2.36. The molecule has 1 saturated heterocycles. The van der Waals surface area contributed by atoms with E-state index in [-0.39, 0.29) is 16.6 Å². The van der Waals surface area contributed by atoms with Gasteiger partial charge in [0.25, 0.3) is 15.9 Å². The van der Waals surface area contributed by atoms with Gasteiger partial charge in [0.05, 0.1) is 5.56 Å². The maximum Gasteiger partial charge on any atom is 0.326 e. The van der Waals surface area contributed by atoms with Crippen LogP contribution in [0, 0.1) is 5.92 Å². The Labute approximate surface area is 134 Å². The van der Waals surface area contributed by atoms with Crippen molar-refractivity contribution in [2.24, 2.45) is 5.92 Å². The molecule has 8 nitrogen and oxygen atoms in total. The molecule has 0 radical (unpaired) electrons. The third kappa shape index (κ3) is 3.40. The molecule has 1 aliphatic heterocycles. The molecule has 1 aromatic heterocycles. The normalized spacial score (nSPS) is 22.3. The van der Waals surface area contributed by atoms with Crippen molar-refractivity contribution in [1.29, 1.82) is 0 Å². The predicted molar refractivity (Wildman–Crippen MR) is 80.4 cm³/mol. The van der Waals surface area contributed by atoms with Gasteiger partial charge in [-0.3, -0.25) is 4.79 Å².